The van der Waals surface area contributed by atoms with Crippen LogP contribution in [0.4, 0.5) is 22.7 Å². The van der Waals surface area contributed by atoms with E-state index in [4.69, 9.17) is 0 Å². The summed E-state index contributed by atoms with van der Waals surface area (Å²) in [5, 5.41) is 12.3. The van der Waals surface area contributed by atoms with E-state index in [1.807, 2.05) is 0 Å². The highest BCUT2D eigenvalue weighted by molar-refractivity contribution is 6.12. The molecule has 2 aliphatic carbocycles. The van der Waals surface area contributed by atoms with Crippen molar-refractivity contribution >= 4 is 50.3 Å². The molecule has 0 saturated carbocycles. The Morgan fingerprint density at radius 1 is 0.404 bits per heavy atom. The number of hydrogen-bond acceptors (Lipinski definition) is 1. The van der Waals surface area contributed by atoms with Crippen molar-refractivity contribution in [3.63, 3.8) is 0 Å². The third-order valence-electron chi connectivity index (χ3n) is 12.0. The Balaban J connectivity index is 1.29. The molecule has 9 aromatic rings. The van der Waals surface area contributed by atoms with E-state index in [1.54, 1.807) is 0 Å². The van der Waals surface area contributed by atoms with E-state index in [-0.39, 0.29) is 6.04 Å². The van der Waals surface area contributed by atoms with Crippen molar-refractivity contribution in [2.24, 2.45) is 0 Å². The van der Waals surface area contributed by atoms with Gasteiger partial charge in [0, 0.05) is 46.4 Å². The molecule has 2 heterocycles. The molecule has 266 valence electrons. The van der Waals surface area contributed by atoms with Crippen LogP contribution in [0.2, 0.25) is 0 Å². The van der Waals surface area contributed by atoms with Crippen LogP contribution in [0.1, 0.15) is 0 Å². The maximum Gasteiger partial charge on any atom is 0.235 e. The first-order valence-electron chi connectivity index (χ1n) is 19.7. The van der Waals surface area contributed by atoms with E-state index < -0.39 is 0 Å². The van der Waals surface area contributed by atoms with Crippen molar-refractivity contribution in [2.45, 2.75) is 6.04 Å². The van der Waals surface area contributed by atoms with Gasteiger partial charge < -0.3 is 9.47 Å². The van der Waals surface area contributed by atoms with Crippen LogP contribution < -0.4 is 9.48 Å². The minimum atomic E-state index is 0.00809. The van der Waals surface area contributed by atoms with Gasteiger partial charge in [-0.3, -0.25) is 0 Å². The molecule has 0 spiro atoms. The topological polar surface area (TPSA) is 11.2 Å². The molecule has 1 unspecified atom stereocenters. The van der Waals surface area contributed by atoms with Crippen molar-refractivity contribution in [3.8, 4) is 5.69 Å². The van der Waals surface area contributed by atoms with Crippen molar-refractivity contribution in [1.29, 1.82) is 0 Å². The number of benzene rings is 8. The minimum absolute atomic E-state index is 0.00809. The first kappa shape index (κ1) is 31.8. The summed E-state index contributed by atoms with van der Waals surface area (Å²) in [5.41, 5.74) is 9.43. The predicted octanol–water partition coefficient (Wildman–Crippen LogP) is 12.2. The fourth-order valence-corrected chi connectivity index (χ4v) is 9.62. The highest BCUT2D eigenvalue weighted by Gasteiger charge is 2.40. The Kier molecular flexibility index (Phi) is 6.99. The Labute approximate surface area is 328 Å². The van der Waals surface area contributed by atoms with Crippen LogP contribution >= 0.6 is 0 Å². The molecule has 0 saturated heterocycles. The molecule has 1 atom stereocenters. The second kappa shape index (κ2) is 12.5. The maximum absolute atomic E-state index is 2.52. The van der Waals surface area contributed by atoms with Crippen LogP contribution in [-0.2, 0) is 0 Å². The van der Waals surface area contributed by atoms with Crippen molar-refractivity contribution < 1.29 is 0 Å². The van der Waals surface area contributed by atoms with E-state index in [2.05, 4.69) is 226 Å². The Hall–Kier alpha value is -7.49. The molecule has 57 heavy (non-hydrogen) atoms. The van der Waals surface area contributed by atoms with Crippen molar-refractivity contribution in [3.05, 3.63) is 254 Å². The molecule has 3 nitrogen and oxygen atoms in total. The Bertz CT molecular complexity index is 3590. The van der Waals surface area contributed by atoms with Crippen LogP contribution in [0.15, 0.2) is 212 Å². The SMILES string of the molecule is C1=CC2=[N+](c3ccccc3)c3cc4c(cc3N(c3ccccc3)C2C=C1)=c1ccccc1=c1cc(-n2c3ccccc3c3ccccc32)ccc1=c1ccccc1=4. The number of para-hydroxylation sites is 4. The summed E-state index contributed by atoms with van der Waals surface area (Å²) >= 11 is 0. The van der Waals surface area contributed by atoms with Gasteiger partial charge in [0.25, 0.3) is 0 Å². The van der Waals surface area contributed by atoms with Gasteiger partial charge in [0.15, 0.2) is 0 Å². The van der Waals surface area contributed by atoms with E-state index in [1.165, 1.54) is 75.0 Å². The van der Waals surface area contributed by atoms with Gasteiger partial charge in [-0.25, -0.2) is 0 Å². The van der Waals surface area contributed by atoms with Gasteiger partial charge in [-0.05, 0) is 84.2 Å². The summed E-state index contributed by atoms with van der Waals surface area (Å²) in [6, 6.07) is 69.2. The first-order chi connectivity index (χ1) is 28.3. The van der Waals surface area contributed by atoms with Crippen molar-refractivity contribution in [2.75, 3.05) is 4.90 Å². The molecule has 0 radical (unpaired) electrons. The Morgan fingerprint density at radius 3 is 1.60 bits per heavy atom. The highest BCUT2D eigenvalue weighted by Crippen LogP contribution is 2.43. The number of aromatic nitrogens is 1. The van der Waals surface area contributed by atoms with Crippen molar-refractivity contribution in [1.82, 2.24) is 9.14 Å². The van der Waals surface area contributed by atoms with Crippen LogP contribution in [0.25, 0.3) is 27.5 Å². The Morgan fingerprint density at radius 2 is 0.930 bits per heavy atom. The van der Waals surface area contributed by atoms with E-state index in [9.17, 15) is 0 Å². The fraction of sp³-hybridized carbons (Fsp3) is 0.0185. The summed E-state index contributed by atoms with van der Waals surface area (Å²) < 4.78 is 4.90. The molecule has 1 aliphatic heterocycles. The van der Waals surface area contributed by atoms with Gasteiger partial charge in [-0.1, -0.05) is 146 Å². The highest BCUT2D eigenvalue weighted by atomic mass is 15.2. The number of rotatable bonds is 3. The van der Waals surface area contributed by atoms with Gasteiger partial charge in [-0.15, -0.1) is 0 Å². The molecular weight excluding hydrogens is 691 g/mol. The molecule has 12 rings (SSSR count). The zero-order valence-electron chi connectivity index (χ0n) is 31.1. The van der Waals surface area contributed by atoms with Crippen LogP contribution in [0, 0.1) is 41.7 Å². The smallest absolute Gasteiger partial charge is 0.235 e. The van der Waals surface area contributed by atoms with Gasteiger partial charge in [0.2, 0.25) is 17.1 Å². The van der Waals surface area contributed by atoms with E-state index in [0.29, 0.717) is 0 Å². The maximum atomic E-state index is 2.52. The number of anilines is 2. The summed E-state index contributed by atoms with van der Waals surface area (Å²) in [6.07, 6.45) is 8.96. The molecule has 0 amide bonds. The standard InChI is InChI=1S/C54H36N3/c1-3-17-36(18-4-1)55-51-29-15-16-30-52(51)56(37-19-5-2-6-20-37)54-35-48-42-24-10-9-23-41(42)46-33-38(57-49-27-13-11-25-44(49)45-26-12-14-28-50(45)57)31-32-43(46)39-21-7-8-22-40(39)47(48)34-53(54)55/h1-35,52H/q+1. The second-order valence-electron chi connectivity index (χ2n) is 15.1. The molecular formula is C54H36N3+. The molecule has 3 aliphatic rings. The number of nitrogens with zero attached hydrogens (tertiary/aromatic N) is 3. The average molecular weight is 727 g/mol. The molecule has 8 aromatic carbocycles. The van der Waals surface area contributed by atoms with Gasteiger partial charge in [0.1, 0.15) is 11.7 Å². The van der Waals surface area contributed by atoms with Gasteiger partial charge in [-0.2, -0.15) is 4.58 Å². The van der Waals surface area contributed by atoms with Gasteiger partial charge >= 0.3 is 0 Å². The number of hydrogen-bond donors (Lipinski definition) is 0. The number of allylic oxidation sites excluding steroid dienone is 2. The third kappa shape index (κ3) is 4.76. The van der Waals surface area contributed by atoms with Gasteiger partial charge in [0.05, 0.1) is 11.0 Å². The summed E-state index contributed by atoms with van der Waals surface area (Å²) in [4.78, 5) is 2.52. The summed E-state index contributed by atoms with van der Waals surface area (Å²) in [7, 11) is 0. The second-order valence-corrected chi connectivity index (χ2v) is 15.1. The van der Waals surface area contributed by atoms with Crippen LogP contribution in [0.5, 0.6) is 0 Å². The summed E-state index contributed by atoms with van der Waals surface area (Å²) in [6.45, 7) is 0. The lowest BCUT2D eigenvalue weighted by molar-refractivity contribution is 0.894. The lowest BCUT2D eigenvalue weighted by atomic mass is 9.95. The van der Waals surface area contributed by atoms with Crippen LogP contribution in [0.3, 0.4) is 0 Å². The molecule has 3 heteroatoms. The third-order valence-corrected chi connectivity index (χ3v) is 12.0. The monoisotopic (exact) mass is 726 g/mol. The largest absolute Gasteiger partial charge is 0.319 e. The predicted molar refractivity (Wildman–Crippen MR) is 234 cm³/mol. The zero-order valence-corrected chi connectivity index (χ0v) is 31.1. The summed E-state index contributed by atoms with van der Waals surface area (Å²) in [5.74, 6) is 0. The quantitative estimate of drug-likeness (QED) is 0.165. The van der Waals surface area contributed by atoms with E-state index >= 15 is 0 Å². The fourth-order valence-electron chi connectivity index (χ4n) is 9.62. The number of fused-ring (bicyclic) bond motifs is 9. The van der Waals surface area contributed by atoms with E-state index in [0.717, 1.165) is 22.7 Å². The van der Waals surface area contributed by atoms with Crippen LogP contribution in [-0.4, -0.2) is 16.3 Å². The zero-order chi connectivity index (χ0) is 37.5. The minimum Gasteiger partial charge on any atom is -0.319 e. The average Bonchev–Trinajstić information content (AvgIpc) is 3.62. The molecule has 0 bridgehead atoms. The molecule has 0 fully saturated rings. The molecule has 1 aromatic heterocycles. The normalized spacial score (nSPS) is 14.9. The lowest BCUT2D eigenvalue weighted by Crippen LogP contribution is -2.44. The lowest BCUT2D eigenvalue weighted by Gasteiger charge is -2.35. The first-order valence-corrected chi connectivity index (χ1v) is 19.7. The molecule has 0 N–H and O–H groups in total.